The largest absolute Gasteiger partial charge is 0.508 e. The zero-order chi connectivity index (χ0) is 33.1. The van der Waals surface area contributed by atoms with Gasteiger partial charge in [0.1, 0.15) is 35.6 Å². The molecular weight excluding hydrogens is 606 g/mol. The number of phenolic OH excluding ortho intramolecular Hbond substituents is 1. The molecule has 0 aliphatic heterocycles. The topological polar surface area (TPSA) is 178 Å². The number of carbonyl (C=O) groups is 2. The summed E-state index contributed by atoms with van der Waals surface area (Å²) in [5, 5.41) is 36.8. The molecular formula is C27H26F6N4O7. The van der Waals surface area contributed by atoms with Crippen molar-refractivity contribution >= 4 is 23.1 Å². The van der Waals surface area contributed by atoms with E-state index < -0.39 is 30.4 Å². The number of hydrogen-bond donors (Lipinski definition) is 6. The molecule has 1 unspecified atom stereocenters. The van der Waals surface area contributed by atoms with Gasteiger partial charge in [0.25, 0.3) is 0 Å². The van der Waals surface area contributed by atoms with E-state index in [0.29, 0.717) is 18.8 Å². The number of ether oxygens (including phenoxy) is 1. The van der Waals surface area contributed by atoms with Crippen LogP contribution in [0.25, 0.3) is 22.6 Å². The van der Waals surface area contributed by atoms with E-state index in [2.05, 4.69) is 20.3 Å². The number of fused-ring (bicyclic) bond motifs is 1. The van der Waals surface area contributed by atoms with Crippen molar-refractivity contribution in [1.29, 1.82) is 0 Å². The minimum Gasteiger partial charge on any atom is -0.508 e. The molecule has 0 amide bonds. The summed E-state index contributed by atoms with van der Waals surface area (Å²) in [5.74, 6) is -3.83. The number of imidazole rings is 1. The Balaban J connectivity index is 0.000000402. The van der Waals surface area contributed by atoms with Crippen LogP contribution in [-0.2, 0) is 16.1 Å². The molecule has 0 aliphatic carbocycles. The van der Waals surface area contributed by atoms with Crippen molar-refractivity contribution in [2.24, 2.45) is 0 Å². The number of carboxylic acids is 2. The van der Waals surface area contributed by atoms with Crippen LogP contribution in [0.5, 0.6) is 11.5 Å². The van der Waals surface area contributed by atoms with Crippen LogP contribution in [0.15, 0.2) is 60.8 Å². The van der Waals surface area contributed by atoms with Crippen LogP contribution in [0.2, 0.25) is 0 Å². The van der Waals surface area contributed by atoms with Crippen LogP contribution in [-0.4, -0.2) is 78.9 Å². The lowest BCUT2D eigenvalue weighted by Gasteiger charge is -2.13. The third-order valence-corrected chi connectivity index (χ3v) is 5.17. The number of aryl methyl sites for hydroxylation is 1. The number of aliphatic hydroxyl groups is 1. The van der Waals surface area contributed by atoms with E-state index in [1.165, 1.54) is 0 Å². The van der Waals surface area contributed by atoms with Gasteiger partial charge in [0.15, 0.2) is 5.65 Å². The lowest BCUT2D eigenvalue weighted by atomic mass is 10.2. The third kappa shape index (κ3) is 12.1. The number of benzene rings is 2. The number of nitrogens with one attached hydrogen (secondary N) is 2. The second-order valence-corrected chi connectivity index (χ2v) is 8.86. The number of aliphatic carboxylic acids is 2. The van der Waals surface area contributed by atoms with Gasteiger partial charge in [0, 0.05) is 24.8 Å². The lowest BCUT2D eigenvalue weighted by Crippen LogP contribution is -2.31. The van der Waals surface area contributed by atoms with E-state index in [1.54, 1.807) is 12.1 Å². The second kappa shape index (κ2) is 15.5. The summed E-state index contributed by atoms with van der Waals surface area (Å²) in [4.78, 5) is 30.0. The van der Waals surface area contributed by atoms with Gasteiger partial charge in [-0.05, 0) is 60.5 Å². The quantitative estimate of drug-likeness (QED) is 0.152. The molecule has 2 aromatic heterocycles. The zero-order valence-corrected chi connectivity index (χ0v) is 22.6. The highest BCUT2D eigenvalue weighted by molar-refractivity contribution is 5.76. The Morgan fingerprint density at radius 3 is 2.02 bits per heavy atom. The van der Waals surface area contributed by atoms with Crippen LogP contribution in [0, 0.1) is 6.92 Å². The van der Waals surface area contributed by atoms with E-state index in [-0.39, 0.29) is 12.4 Å². The first kappa shape index (κ1) is 35.3. The Kier molecular flexibility index (Phi) is 12.5. The fourth-order valence-corrected chi connectivity index (χ4v) is 3.09. The Hall–Kier alpha value is -4.90. The summed E-state index contributed by atoms with van der Waals surface area (Å²) in [6, 6.07) is 16.5. The maximum atomic E-state index is 10.6. The zero-order valence-electron chi connectivity index (χ0n) is 22.6. The number of aromatic hydroxyl groups is 1. The van der Waals surface area contributed by atoms with Crippen molar-refractivity contribution < 1.29 is 61.1 Å². The molecule has 2 aromatic carbocycles. The van der Waals surface area contributed by atoms with E-state index in [4.69, 9.17) is 24.5 Å². The minimum absolute atomic E-state index is 0.190. The fraction of sp³-hybridized carbons (Fsp3) is 0.259. The molecule has 238 valence electrons. The van der Waals surface area contributed by atoms with Crippen molar-refractivity contribution in [3.05, 3.63) is 71.9 Å². The van der Waals surface area contributed by atoms with E-state index >= 15 is 0 Å². The molecule has 0 aliphatic rings. The number of nitrogens with zero attached hydrogens (tertiary/aromatic N) is 2. The van der Waals surface area contributed by atoms with Gasteiger partial charge < -0.3 is 35.5 Å². The van der Waals surface area contributed by atoms with Crippen LogP contribution >= 0.6 is 0 Å². The normalized spacial score (nSPS) is 11.9. The summed E-state index contributed by atoms with van der Waals surface area (Å²) in [7, 11) is 0. The van der Waals surface area contributed by atoms with E-state index in [9.17, 15) is 36.6 Å². The average molecular weight is 633 g/mol. The molecule has 0 saturated heterocycles. The van der Waals surface area contributed by atoms with Crippen molar-refractivity contribution in [2.45, 2.75) is 31.9 Å². The molecule has 0 saturated carbocycles. The van der Waals surface area contributed by atoms with Crippen molar-refractivity contribution in [1.82, 2.24) is 20.3 Å². The molecule has 2 heterocycles. The number of hydrogen-bond acceptors (Lipinski definition) is 8. The lowest BCUT2D eigenvalue weighted by molar-refractivity contribution is -0.193. The average Bonchev–Trinajstić information content (AvgIpc) is 3.36. The first-order valence-corrected chi connectivity index (χ1v) is 12.3. The maximum absolute atomic E-state index is 10.6. The van der Waals surface area contributed by atoms with Crippen LogP contribution in [0.4, 0.5) is 26.3 Å². The monoisotopic (exact) mass is 632 g/mol. The summed E-state index contributed by atoms with van der Waals surface area (Å²) >= 11 is 0. The van der Waals surface area contributed by atoms with Gasteiger partial charge >= 0.3 is 24.3 Å². The highest BCUT2D eigenvalue weighted by atomic mass is 19.4. The number of alkyl halides is 6. The molecule has 0 fully saturated rings. The first-order valence-electron chi connectivity index (χ1n) is 12.3. The standard InChI is InChI=1S/C23H24N4O3.2C2HF3O2/c1-15-10-21-23(25-11-15)27-22(26-21)17-4-8-20(9-5-17)30-14-19(29)13-24-12-16-2-6-18(28)7-3-16;2*3-2(4,5)1(6)7/h2-11,19,24,28-29H,12-14H2,1H3,(H,25,26,27);2*(H,6,7). The molecule has 11 nitrogen and oxygen atoms in total. The summed E-state index contributed by atoms with van der Waals surface area (Å²) in [6.45, 7) is 3.20. The third-order valence-electron chi connectivity index (χ3n) is 5.17. The maximum Gasteiger partial charge on any atom is 0.490 e. The smallest absolute Gasteiger partial charge is 0.490 e. The summed E-state index contributed by atoms with van der Waals surface area (Å²) < 4.78 is 69.2. The van der Waals surface area contributed by atoms with Crippen molar-refractivity contribution in [3.63, 3.8) is 0 Å². The molecule has 1 atom stereocenters. The van der Waals surface area contributed by atoms with Crippen LogP contribution in [0.3, 0.4) is 0 Å². The Bertz CT molecular complexity index is 1480. The number of aromatic nitrogens is 3. The number of carboxylic acid groups (broad SMARTS) is 2. The molecule has 0 bridgehead atoms. The number of phenols is 1. The van der Waals surface area contributed by atoms with Gasteiger partial charge in [-0.15, -0.1) is 0 Å². The molecule has 44 heavy (non-hydrogen) atoms. The van der Waals surface area contributed by atoms with E-state index in [1.807, 2.05) is 55.6 Å². The molecule has 4 rings (SSSR count). The number of halogens is 6. The minimum atomic E-state index is -5.08. The Labute approximate surface area is 244 Å². The van der Waals surface area contributed by atoms with Gasteiger partial charge in [-0.3, -0.25) is 0 Å². The molecule has 0 radical (unpaired) electrons. The van der Waals surface area contributed by atoms with Crippen molar-refractivity contribution in [3.8, 4) is 22.9 Å². The predicted octanol–water partition coefficient (Wildman–Crippen LogP) is 4.44. The highest BCUT2D eigenvalue weighted by Crippen LogP contribution is 2.23. The molecule has 6 N–H and O–H groups in total. The number of pyridine rings is 1. The number of aliphatic hydroxyl groups excluding tert-OH is 1. The molecule has 4 aromatic rings. The number of aromatic amines is 1. The van der Waals surface area contributed by atoms with Crippen molar-refractivity contribution in [2.75, 3.05) is 13.2 Å². The Morgan fingerprint density at radius 2 is 1.50 bits per heavy atom. The van der Waals surface area contributed by atoms with Crippen LogP contribution in [0.1, 0.15) is 11.1 Å². The van der Waals surface area contributed by atoms with E-state index in [0.717, 1.165) is 33.7 Å². The van der Waals surface area contributed by atoms with Gasteiger partial charge in [-0.25, -0.2) is 19.6 Å². The van der Waals surface area contributed by atoms with Crippen LogP contribution < -0.4 is 10.1 Å². The predicted molar refractivity (Wildman–Crippen MR) is 143 cm³/mol. The molecule has 17 heteroatoms. The summed E-state index contributed by atoms with van der Waals surface area (Å²) in [6.07, 6.45) is -8.99. The summed E-state index contributed by atoms with van der Waals surface area (Å²) in [5.41, 5.74) is 4.65. The SMILES string of the molecule is Cc1cnc2[nH]c(-c3ccc(OCC(O)CNCc4ccc(O)cc4)cc3)nc2c1.O=C(O)C(F)(F)F.O=C(O)C(F)(F)F. The second-order valence-electron chi connectivity index (χ2n) is 8.86. The highest BCUT2D eigenvalue weighted by Gasteiger charge is 2.38. The van der Waals surface area contributed by atoms with Gasteiger partial charge in [0.05, 0.1) is 0 Å². The molecule has 0 spiro atoms. The van der Waals surface area contributed by atoms with Gasteiger partial charge in [-0.2, -0.15) is 26.3 Å². The fourth-order valence-electron chi connectivity index (χ4n) is 3.09. The van der Waals surface area contributed by atoms with Gasteiger partial charge in [-0.1, -0.05) is 12.1 Å². The Morgan fingerprint density at radius 1 is 0.955 bits per heavy atom. The van der Waals surface area contributed by atoms with Gasteiger partial charge in [0.2, 0.25) is 0 Å². The number of H-pyrrole nitrogens is 1. The number of rotatable bonds is 8. The first-order chi connectivity index (χ1) is 20.5.